The van der Waals surface area contributed by atoms with Crippen molar-refractivity contribution < 1.29 is 14.7 Å². The van der Waals surface area contributed by atoms with Crippen LogP contribution >= 0.6 is 11.6 Å². The molecule has 26 heavy (non-hydrogen) atoms. The zero-order valence-corrected chi connectivity index (χ0v) is 15.6. The van der Waals surface area contributed by atoms with E-state index in [9.17, 15) is 14.7 Å². The van der Waals surface area contributed by atoms with Crippen molar-refractivity contribution in [2.75, 3.05) is 0 Å². The van der Waals surface area contributed by atoms with Crippen LogP contribution in [0.25, 0.3) is 0 Å². The Hall–Kier alpha value is -2.33. The van der Waals surface area contributed by atoms with Crippen LogP contribution in [0.3, 0.4) is 0 Å². The van der Waals surface area contributed by atoms with Crippen molar-refractivity contribution in [3.05, 3.63) is 69.7 Å². The van der Waals surface area contributed by atoms with E-state index in [1.807, 2.05) is 38.1 Å². The number of hydrogen-bond donors (Lipinski definition) is 2. The topological polar surface area (TPSA) is 80.4 Å². The molecule has 3 atom stereocenters. The van der Waals surface area contributed by atoms with E-state index in [0.717, 1.165) is 29.5 Å². The Labute approximate surface area is 158 Å². The first-order valence-corrected chi connectivity index (χ1v) is 9.05. The third-order valence-electron chi connectivity index (χ3n) is 5.97. The Bertz CT molecular complexity index is 879. The number of aromatic carboxylic acids is 1. The van der Waals surface area contributed by atoms with E-state index in [1.165, 1.54) is 0 Å². The fraction of sp³-hybridized carbons (Fsp3) is 0.333. The summed E-state index contributed by atoms with van der Waals surface area (Å²) < 4.78 is 0. The number of carboxylic acid groups (broad SMARTS) is 1. The summed E-state index contributed by atoms with van der Waals surface area (Å²) in [6.07, 6.45) is 1.65. The zero-order chi connectivity index (χ0) is 19.1. The fourth-order valence-electron chi connectivity index (χ4n) is 4.19. The molecule has 0 saturated carbocycles. The molecule has 0 aromatic heterocycles. The van der Waals surface area contributed by atoms with Gasteiger partial charge in [0.05, 0.1) is 11.0 Å². The van der Waals surface area contributed by atoms with Gasteiger partial charge in [0.15, 0.2) is 0 Å². The average molecular weight is 372 g/mol. The van der Waals surface area contributed by atoms with Gasteiger partial charge in [-0.1, -0.05) is 42.8 Å². The van der Waals surface area contributed by atoms with Crippen molar-refractivity contribution in [2.24, 2.45) is 11.7 Å². The number of rotatable bonds is 5. The molecule has 136 valence electrons. The number of halogens is 1. The monoisotopic (exact) mass is 371 g/mol. The fourth-order valence-corrected chi connectivity index (χ4v) is 4.52. The molecule has 5 heteroatoms. The minimum Gasteiger partial charge on any atom is -0.478 e. The van der Waals surface area contributed by atoms with E-state index in [0.29, 0.717) is 10.6 Å². The molecule has 0 spiro atoms. The summed E-state index contributed by atoms with van der Waals surface area (Å²) in [4.78, 5) is 23.7. The number of hydrogen-bond acceptors (Lipinski definition) is 2. The van der Waals surface area contributed by atoms with E-state index < -0.39 is 17.3 Å². The molecule has 3 rings (SSSR count). The van der Waals surface area contributed by atoms with Gasteiger partial charge in [-0.2, -0.15) is 0 Å². The number of amides is 1. The summed E-state index contributed by atoms with van der Waals surface area (Å²) in [7, 11) is 0. The van der Waals surface area contributed by atoms with E-state index in [2.05, 4.69) is 0 Å². The molecule has 1 amide bonds. The number of aryl methyl sites for hydroxylation is 1. The second kappa shape index (κ2) is 6.76. The Morgan fingerprint density at radius 1 is 1.27 bits per heavy atom. The Kier molecular flexibility index (Phi) is 4.80. The van der Waals surface area contributed by atoms with E-state index in [1.54, 1.807) is 18.2 Å². The highest BCUT2D eigenvalue weighted by atomic mass is 35.5. The molecule has 0 radical (unpaired) electrons. The summed E-state index contributed by atoms with van der Waals surface area (Å²) in [5, 5.41) is 9.72. The van der Waals surface area contributed by atoms with Crippen molar-refractivity contribution >= 4 is 23.5 Å². The van der Waals surface area contributed by atoms with Gasteiger partial charge in [0.1, 0.15) is 0 Å². The quantitative estimate of drug-likeness (QED) is 0.828. The first-order chi connectivity index (χ1) is 12.3. The summed E-state index contributed by atoms with van der Waals surface area (Å²) in [5.41, 5.74) is 8.09. The lowest BCUT2D eigenvalue weighted by molar-refractivity contribution is -0.125. The molecule has 4 nitrogen and oxygen atoms in total. The Balaban J connectivity index is 2.04. The van der Waals surface area contributed by atoms with Gasteiger partial charge in [0.25, 0.3) is 0 Å². The van der Waals surface area contributed by atoms with Crippen LogP contribution < -0.4 is 5.73 Å². The molecule has 3 N–H and O–H groups in total. The van der Waals surface area contributed by atoms with Gasteiger partial charge in [0.2, 0.25) is 5.91 Å². The summed E-state index contributed by atoms with van der Waals surface area (Å²) in [5.74, 6) is -1.31. The first kappa shape index (κ1) is 18.5. The predicted octanol–water partition coefficient (Wildman–Crippen LogP) is 4.15. The maximum atomic E-state index is 12.5. The van der Waals surface area contributed by atoms with Crippen LogP contribution in [0.1, 0.15) is 53.2 Å². The maximum absolute atomic E-state index is 12.5. The number of carbonyl (C=O) groups is 2. The highest BCUT2D eigenvalue weighted by Crippen LogP contribution is 2.48. The molecule has 0 fully saturated rings. The smallest absolute Gasteiger partial charge is 0.335 e. The number of nitrogens with two attached hydrogens (primary N) is 1. The van der Waals surface area contributed by atoms with Crippen LogP contribution in [0.15, 0.2) is 42.5 Å². The molecule has 2 unspecified atom stereocenters. The highest BCUT2D eigenvalue weighted by molar-refractivity contribution is 6.31. The lowest BCUT2D eigenvalue weighted by Gasteiger charge is -2.37. The third kappa shape index (κ3) is 2.88. The van der Waals surface area contributed by atoms with E-state index in [-0.39, 0.29) is 11.8 Å². The highest BCUT2D eigenvalue weighted by Gasteiger charge is 2.45. The molecule has 1 aliphatic carbocycles. The van der Waals surface area contributed by atoms with Crippen LogP contribution in [0.4, 0.5) is 0 Å². The third-order valence-corrected chi connectivity index (χ3v) is 6.30. The summed E-state index contributed by atoms with van der Waals surface area (Å²) in [6, 6.07) is 12.6. The van der Waals surface area contributed by atoms with Gasteiger partial charge < -0.3 is 10.8 Å². The molecule has 2 aromatic rings. The van der Waals surface area contributed by atoms with E-state index >= 15 is 0 Å². The number of benzene rings is 2. The number of carbonyl (C=O) groups excluding carboxylic acids is 1. The SMILES string of the molecule is CC(C1CCc2cc(C(=O)O)ccc21)[C@@](C)(C(N)=O)c1ccccc1Cl. The minimum absolute atomic E-state index is 0.0863. The molecule has 0 saturated heterocycles. The number of primary amides is 1. The molecule has 2 aromatic carbocycles. The second-order valence-corrected chi connectivity index (χ2v) is 7.61. The van der Waals surface area contributed by atoms with Crippen LogP contribution in [-0.4, -0.2) is 17.0 Å². The van der Waals surface area contributed by atoms with Gasteiger partial charge in [-0.15, -0.1) is 0 Å². The maximum Gasteiger partial charge on any atom is 0.335 e. The van der Waals surface area contributed by atoms with Crippen LogP contribution in [0.5, 0.6) is 0 Å². The Morgan fingerprint density at radius 3 is 2.58 bits per heavy atom. The lowest BCUT2D eigenvalue weighted by Crippen LogP contribution is -2.46. The van der Waals surface area contributed by atoms with Crippen molar-refractivity contribution in [1.82, 2.24) is 0 Å². The zero-order valence-electron chi connectivity index (χ0n) is 14.8. The van der Waals surface area contributed by atoms with Crippen LogP contribution in [0.2, 0.25) is 5.02 Å². The normalized spacial score (nSPS) is 19.4. The van der Waals surface area contributed by atoms with Crippen molar-refractivity contribution in [1.29, 1.82) is 0 Å². The molecule has 1 aliphatic rings. The summed E-state index contributed by atoms with van der Waals surface area (Å²) in [6.45, 7) is 3.88. The molecule has 0 heterocycles. The average Bonchev–Trinajstić information content (AvgIpc) is 3.03. The van der Waals surface area contributed by atoms with Crippen molar-refractivity contribution in [3.63, 3.8) is 0 Å². The standard InChI is InChI=1S/C21H22ClNO3/c1-12(21(2,20(23)26)17-5-3-4-6-18(17)22)15-9-7-13-11-14(19(24)25)8-10-16(13)15/h3-6,8,10-12,15H,7,9H2,1-2H3,(H2,23,26)(H,24,25)/t12?,15?,21-/m1/s1. The molecule has 0 aliphatic heterocycles. The van der Waals surface area contributed by atoms with Crippen molar-refractivity contribution in [3.8, 4) is 0 Å². The predicted molar refractivity (Wildman–Crippen MR) is 102 cm³/mol. The minimum atomic E-state index is -0.928. The van der Waals surface area contributed by atoms with Gasteiger partial charge >= 0.3 is 5.97 Å². The Morgan fingerprint density at radius 2 is 1.96 bits per heavy atom. The van der Waals surface area contributed by atoms with Gasteiger partial charge in [0, 0.05) is 5.02 Å². The lowest BCUT2D eigenvalue weighted by atomic mass is 9.65. The van der Waals surface area contributed by atoms with Crippen molar-refractivity contribution in [2.45, 2.75) is 38.0 Å². The first-order valence-electron chi connectivity index (χ1n) is 8.67. The van der Waals surface area contributed by atoms with Gasteiger partial charge in [-0.3, -0.25) is 4.79 Å². The number of fused-ring (bicyclic) bond motifs is 1. The van der Waals surface area contributed by atoms with Crippen LogP contribution in [-0.2, 0) is 16.6 Å². The van der Waals surface area contributed by atoms with Gasteiger partial charge in [-0.25, -0.2) is 4.79 Å². The largest absolute Gasteiger partial charge is 0.478 e. The van der Waals surface area contributed by atoms with Gasteiger partial charge in [-0.05, 0) is 66.5 Å². The molecule has 0 bridgehead atoms. The molecular formula is C21H22ClNO3. The second-order valence-electron chi connectivity index (χ2n) is 7.20. The van der Waals surface area contributed by atoms with E-state index in [4.69, 9.17) is 17.3 Å². The summed E-state index contributed by atoms with van der Waals surface area (Å²) >= 11 is 6.39. The molecular weight excluding hydrogens is 350 g/mol. The van der Waals surface area contributed by atoms with Crippen LogP contribution in [0, 0.1) is 5.92 Å². The number of carboxylic acids is 1.